The predicted molar refractivity (Wildman–Crippen MR) is 68.5 cm³/mol. The summed E-state index contributed by atoms with van der Waals surface area (Å²) in [5.74, 6) is 0.732. The van der Waals surface area contributed by atoms with E-state index in [-0.39, 0.29) is 5.91 Å². The van der Waals surface area contributed by atoms with Crippen molar-refractivity contribution in [3.63, 3.8) is 0 Å². The van der Waals surface area contributed by atoms with Crippen LogP contribution in [-0.2, 0) is 4.79 Å². The fourth-order valence-electron chi connectivity index (χ4n) is 1.55. The topological polar surface area (TPSA) is 44.4 Å². The summed E-state index contributed by atoms with van der Waals surface area (Å²) in [5, 5.41) is 5.98. The van der Waals surface area contributed by atoms with E-state index in [1.54, 1.807) is 0 Å². The first-order valence-electron chi connectivity index (χ1n) is 6.11. The summed E-state index contributed by atoms with van der Waals surface area (Å²) in [6.45, 7) is 8.38. The largest absolute Gasteiger partial charge is 0.353 e. The normalized spacial score (nSPS) is 13.2. The first-order chi connectivity index (χ1) is 7.47. The number of rotatable bonds is 8. The van der Waals surface area contributed by atoms with Crippen LogP contribution in [0.25, 0.3) is 0 Å². The minimum atomic E-state index is 0.0810. The van der Waals surface area contributed by atoms with E-state index in [9.17, 15) is 4.79 Å². The van der Waals surface area contributed by atoms with Gasteiger partial charge in [0.1, 0.15) is 0 Å². The molecule has 0 saturated heterocycles. The van der Waals surface area contributed by atoms with Crippen molar-refractivity contribution < 1.29 is 4.79 Å². The highest BCUT2D eigenvalue weighted by molar-refractivity contribution is 5.77. The summed E-state index contributed by atoms with van der Waals surface area (Å²) < 4.78 is 0. The van der Waals surface area contributed by atoms with Crippen LogP contribution in [0.4, 0.5) is 0 Å². The summed E-state index contributed by atoms with van der Waals surface area (Å²) in [6.07, 6.45) is 1.11. The third-order valence-electron chi connectivity index (χ3n) is 2.54. The Balaban J connectivity index is 3.87. The van der Waals surface area contributed by atoms with Crippen LogP contribution in [0.15, 0.2) is 0 Å². The van der Waals surface area contributed by atoms with Crippen LogP contribution in [0.2, 0.25) is 0 Å². The molecule has 2 N–H and O–H groups in total. The molecule has 4 heteroatoms. The molecule has 0 aliphatic heterocycles. The van der Waals surface area contributed by atoms with Gasteiger partial charge in [0.15, 0.2) is 0 Å². The molecule has 0 heterocycles. The van der Waals surface area contributed by atoms with Gasteiger partial charge in [0.2, 0.25) is 5.91 Å². The van der Waals surface area contributed by atoms with Crippen LogP contribution in [0, 0.1) is 5.92 Å². The lowest BCUT2D eigenvalue weighted by Crippen LogP contribution is -2.43. The molecule has 0 spiro atoms. The van der Waals surface area contributed by atoms with Crippen LogP contribution in [-0.4, -0.2) is 50.6 Å². The second kappa shape index (κ2) is 8.53. The molecule has 0 aliphatic carbocycles. The summed E-state index contributed by atoms with van der Waals surface area (Å²) in [6, 6.07) is 0.422. The van der Waals surface area contributed by atoms with Crippen molar-refractivity contribution in [3.05, 3.63) is 0 Å². The maximum atomic E-state index is 11.4. The minimum Gasteiger partial charge on any atom is -0.353 e. The Labute approximate surface area is 99.8 Å². The molecule has 0 saturated carbocycles. The monoisotopic (exact) mass is 229 g/mol. The Morgan fingerprint density at radius 3 is 2.38 bits per heavy atom. The average Bonchev–Trinajstić information content (AvgIpc) is 2.20. The van der Waals surface area contributed by atoms with E-state index in [0.717, 1.165) is 19.5 Å². The molecule has 16 heavy (non-hydrogen) atoms. The third kappa shape index (κ3) is 7.65. The molecule has 0 aromatic heterocycles. The number of nitrogens with zero attached hydrogens (tertiary/aromatic N) is 1. The van der Waals surface area contributed by atoms with E-state index in [4.69, 9.17) is 0 Å². The number of carbonyl (C=O) groups excluding carboxylic acids is 1. The molecule has 0 radical (unpaired) electrons. The third-order valence-corrected chi connectivity index (χ3v) is 2.54. The maximum Gasteiger partial charge on any atom is 0.234 e. The number of likely N-dealkylation sites (N-methyl/N-ethyl adjacent to an activating group) is 2. The van der Waals surface area contributed by atoms with Crippen LogP contribution in [0.1, 0.15) is 27.2 Å². The van der Waals surface area contributed by atoms with E-state index in [0.29, 0.717) is 18.5 Å². The number of hydrogen-bond donors (Lipinski definition) is 2. The Kier molecular flexibility index (Phi) is 8.21. The van der Waals surface area contributed by atoms with Crippen molar-refractivity contribution in [1.82, 2.24) is 15.5 Å². The van der Waals surface area contributed by atoms with Crippen molar-refractivity contribution in [2.24, 2.45) is 5.92 Å². The zero-order valence-corrected chi connectivity index (χ0v) is 11.3. The quantitative estimate of drug-likeness (QED) is 0.643. The van der Waals surface area contributed by atoms with E-state index in [1.807, 2.05) is 6.92 Å². The van der Waals surface area contributed by atoms with Gasteiger partial charge in [-0.2, -0.15) is 0 Å². The molecular formula is C12H27N3O. The van der Waals surface area contributed by atoms with Gasteiger partial charge in [-0.3, -0.25) is 4.79 Å². The fourth-order valence-corrected chi connectivity index (χ4v) is 1.55. The Morgan fingerprint density at radius 1 is 1.31 bits per heavy atom. The molecule has 0 fully saturated rings. The van der Waals surface area contributed by atoms with Gasteiger partial charge < -0.3 is 15.5 Å². The van der Waals surface area contributed by atoms with Gasteiger partial charge in [-0.15, -0.1) is 0 Å². The molecule has 0 bridgehead atoms. The van der Waals surface area contributed by atoms with Crippen molar-refractivity contribution in [2.45, 2.75) is 33.2 Å². The first-order valence-corrected chi connectivity index (χ1v) is 6.11. The SMILES string of the molecule is CCNCC(=O)NCC(CC(C)C)N(C)C. The predicted octanol–water partition coefficient (Wildman–Crippen LogP) is 0.688. The van der Waals surface area contributed by atoms with E-state index in [2.05, 4.69) is 43.5 Å². The Bertz CT molecular complexity index is 193. The smallest absolute Gasteiger partial charge is 0.234 e. The van der Waals surface area contributed by atoms with Gasteiger partial charge in [0.05, 0.1) is 6.54 Å². The Morgan fingerprint density at radius 2 is 1.94 bits per heavy atom. The highest BCUT2D eigenvalue weighted by atomic mass is 16.1. The lowest BCUT2D eigenvalue weighted by atomic mass is 10.0. The average molecular weight is 229 g/mol. The van der Waals surface area contributed by atoms with Crippen molar-refractivity contribution >= 4 is 5.91 Å². The van der Waals surface area contributed by atoms with Crippen LogP contribution in [0.3, 0.4) is 0 Å². The molecule has 1 atom stereocenters. The first kappa shape index (κ1) is 15.4. The zero-order valence-electron chi connectivity index (χ0n) is 11.3. The molecule has 0 aromatic carbocycles. The maximum absolute atomic E-state index is 11.4. The summed E-state index contributed by atoms with van der Waals surface area (Å²) in [4.78, 5) is 13.6. The fraction of sp³-hybridized carbons (Fsp3) is 0.917. The van der Waals surface area contributed by atoms with E-state index >= 15 is 0 Å². The van der Waals surface area contributed by atoms with Gasteiger partial charge in [0, 0.05) is 12.6 Å². The zero-order chi connectivity index (χ0) is 12.6. The molecule has 1 unspecified atom stereocenters. The molecule has 1 amide bonds. The van der Waals surface area contributed by atoms with Gasteiger partial charge in [-0.05, 0) is 33.0 Å². The standard InChI is InChI=1S/C12H27N3O/c1-6-13-9-12(16)14-8-11(15(4)5)7-10(2)3/h10-11,13H,6-9H2,1-5H3,(H,14,16). The lowest BCUT2D eigenvalue weighted by molar-refractivity contribution is -0.120. The van der Waals surface area contributed by atoms with Crippen molar-refractivity contribution in [1.29, 1.82) is 0 Å². The van der Waals surface area contributed by atoms with Crippen LogP contribution >= 0.6 is 0 Å². The lowest BCUT2D eigenvalue weighted by Gasteiger charge is -2.26. The number of nitrogens with one attached hydrogen (secondary N) is 2. The molecule has 0 aliphatic rings. The van der Waals surface area contributed by atoms with Crippen LogP contribution < -0.4 is 10.6 Å². The van der Waals surface area contributed by atoms with Crippen molar-refractivity contribution in [2.75, 3.05) is 33.7 Å². The molecule has 96 valence electrons. The van der Waals surface area contributed by atoms with E-state index in [1.165, 1.54) is 0 Å². The summed E-state index contributed by atoms with van der Waals surface area (Å²) in [7, 11) is 4.12. The molecule has 4 nitrogen and oxygen atoms in total. The van der Waals surface area contributed by atoms with Gasteiger partial charge in [0.25, 0.3) is 0 Å². The van der Waals surface area contributed by atoms with E-state index < -0.39 is 0 Å². The minimum absolute atomic E-state index is 0.0810. The summed E-state index contributed by atoms with van der Waals surface area (Å²) >= 11 is 0. The van der Waals surface area contributed by atoms with Crippen molar-refractivity contribution in [3.8, 4) is 0 Å². The molecule has 0 rings (SSSR count). The van der Waals surface area contributed by atoms with Gasteiger partial charge >= 0.3 is 0 Å². The second-order valence-electron chi connectivity index (χ2n) is 4.83. The number of carbonyl (C=O) groups is 1. The highest BCUT2D eigenvalue weighted by Gasteiger charge is 2.14. The molecular weight excluding hydrogens is 202 g/mol. The number of hydrogen-bond acceptors (Lipinski definition) is 3. The second-order valence-corrected chi connectivity index (χ2v) is 4.83. The van der Waals surface area contributed by atoms with Crippen LogP contribution in [0.5, 0.6) is 0 Å². The summed E-state index contributed by atoms with van der Waals surface area (Å²) in [5.41, 5.74) is 0. The van der Waals surface area contributed by atoms with Gasteiger partial charge in [-0.25, -0.2) is 0 Å². The Hall–Kier alpha value is -0.610. The number of amides is 1. The van der Waals surface area contributed by atoms with Gasteiger partial charge in [-0.1, -0.05) is 20.8 Å². The highest BCUT2D eigenvalue weighted by Crippen LogP contribution is 2.07. The molecule has 0 aromatic rings.